The first-order valence-electron chi connectivity index (χ1n) is 5.87. The summed E-state index contributed by atoms with van der Waals surface area (Å²) in [5.74, 6) is 2.52. The molecule has 104 valence electrons. The van der Waals surface area contributed by atoms with Gasteiger partial charge in [0.15, 0.2) is 0 Å². The Kier molecular flexibility index (Phi) is 12.4. The van der Waals surface area contributed by atoms with Gasteiger partial charge in [0.05, 0.1) is 0 Å². The zero-order valence-corrected chi connectivity index (χ0v) is 12.5. The maximum absolute atomic E-state index is 11.2. The van der Waals surface area contributed by atoms with E-state index in [-0.39, 0.29) is 0 Å². The second-order valence-electron chi connectivity index (χ2n) is 3.06. The van der Waals surface area contributed by atoms with Gasteiger partial charge in [-0.25, -0.2) is 9.59 Å². The largest absolute Gasteiger partial charge is 0.462 e. The molecule has 0 aliphatic heterocycles. The van der Waals surface area contributed by atoms with Gasteiger partial charge in [0, 0.05) is 23.7 Å². The summed E-state index contributed by atoms with van der Waals surface area (Å²) in [5.41, 5.74) is 0. The lowest BCUT2D eigenvalue weighted by Gasteiger charge is -2.01. The predicted molar refractivity (Wildman–Crippen MR) is 77.1 cm³/mol. The van der Waals surface area contributed by atoms with Crippen molar-refractivity contribution in [2.75, 3.05) is 36.2 Å². The van der Waals surface area contributed by atoms with Crippen LogP contribution in [0.3, 0.4) is 0 Å². The van der Waals surface area contributed by atoms with Crippen molar-refractivity contribution in [2.24, 2.45) is 0 Å². The molecule has 0 fully saturated rings. The maximum atomic E-state index is 11.2. The van der Waals surface area contributed by atoms with Crippen molar-refractivity contribution in [1.82, 2.24) is 0 Å². The lowest BCUT2D eigenvalue weighted by atomic mass is 10.5. The predicted octanol–water partition coefficient (Wildman–Crippen LogP) is 2.14. The summed E-state index contributed by atoms with van der Waals surface area (Å²) < 4.78 is 9.76. The van der Waals surface area contributed by atoms with E-state index in [0.717, 1.165) is 35.2 Å². The maximum Gasteiger partial charge on any atom is 0.331 e. The Labute approximate surface area is 117 Å². The normalized spacial score (nSPS) is 10.6. The van der Waals surface area contributed by atoms with Crippen molar-refractivity contribution in [3.63, 3.8) is 0 Å². The summed E-state index contributed by atoms with van der Waals surface area (Å²) in [6.07, 6.45) is 2.21. The van der Waals surface area contributed by atoms with Crippen molar-refractivity contribution >= 4 is 35.5 Å². The highest BCUT2D eigenvalue weighted by molar-refractivity contribution is 7.99. The van der Waals surface area contributed by atoms with Crippen molar-refractivity contribution < 1.29 is 19.1 Å². The van der Waals surface area contributed by atoms with E-state index in [9.17, 15) is 9.59 Å². The summed E-state index contributed by atoms with van der Waals surface area (Å²) >= 11 is 3.39. The molecule has 0 aliphatic carbocycles. The van der Waals surface area contributed by atoms with Gasteiger partial charge < -0.3 is 9.47 Å². The molecule has 0 saturated carbocycles. The van der Waals surface area contributed by atoms with Gasteiger partial charge in [-0.3, -0.25) is 0 Å². The number of ether oxygens (including phenoxy) is 2. The van der Waals surface area contributed by atoms with Crippen LogP contribution < -0.4 is 0 Å². The van der Waals surface area contributed by atoms with Crippen molar-refractivity contribution in [2.45, 2.75) is 13.8 Å². The van der Waals surface area contributed by atoms with E-state index in [0.29, 0.717) is 13.2 Å². The van der Waals surface area contributed by atoms with Crippen LogP contribution in [0, 0.1) is 0 Å². The molecule has 18 heavy (non-hydrogen) atoms. The Balaban J connectivity index is 3.58. The van der Waals surface area contributed by atoms with E-state index in [4.69, 9.17) is 9.47 Å². The van der Waals surface area contributed by atoms with Crippen LogP contribution in [0.25, 0.3) is 0 Å². The number of carbonyl (C=O) groups excluding carboxylic acids is 2. The third-order valence-corrected chi connectivity index (χ3v) is 3.43. The smallest absolute Gasteiger partial charge is 0.331 e. The second-order valence-corrected chi connectivity index (χ2v) is 5.85. The summed E-state index contributed by atoms with van der Waals surface area (Å²) in [4.78, 5) is 22.3. The zero-order valence-electron chi connectivity index (χ0n) is 10.8. The Morgan fingerprint density at radius 1 is 0.889 bits per heavy atom. The average Bonchev–Trinajstić information content (AvgIpc) is 2.37. The number of hydrogen-bond donors (Lipinski definition) is 0. The molecule has 0 spiro atoms. The molecular formula is C12H20O4S2. The van der Waals surface area contributed by atoms with E-state index in [2.05, 4.69) is 0 Å². The molecule has 0 saturated heterocycles. The minimum Gasteiger partial charge on any atom is -0.462 e. The molecule has 0 aromatic heterocycles. The van der Waals surface area contributed by atoms with Crippen LogP contribution in [0.2, 0.25) is 0 Å². The van der Waals surface area contributed by atoms with Gasteiger partial charge in [-0.2, -0.15) is 23.5 Å². The number of carbonyl (C=O) groups is 2. The minimum atomic E-state index is -0.508. The molecule has 0 bridgehead atoms. The Bertz CT molecular complexity index is 241. The third-order valence-electron chi connectivity index (χ3n) is 1.71. The van der Waals surface area contributed by atoms with Gasteiger partial charge in [-0.15, -0.1) is 0 Å². The van der Waals surface area contributed by atoms with Crippen molar-refractivity contribution in [3.05, 3.63) is 12.2 Å². The molecule has 0 unspecified atom stereocenters. The van der Waals surface area contributed by atoms with E-state index >= 15 is 0 Å². The van der Waals surface area contributed by atoms with Crippen molar-refractivity contribution in [1.29, 1.82) is 0 Å². The van der Waals surface area contributed by atoms with Gasteiger partial charge in [0.2, 0.25) is 0 Å². The Morgan fingerprint density at radius 2 is 1.28 bits per heavy atom. The van der Waals surface area contributed by atoms with Crippen LogP contribution >= 0.6 is 23.5 Å². The van der Waals surface area contributed by atoms with E-state index < -0.39 is 11.9 Å². The highest BCUT2D eigenvalue weighted by Crippen LogP contribution is 1.98. The topological polar surface area (TPSA) is 52.6 Å². The molecule has 0 atom stereocenters. The van der Waals surface area contributed by atoms with Gasteiger partial charge in [-0.05, 0) is 11.5 Å². The molecule has 0 aromatic carbocycles. The van der Waals surface area contributed by atoms with Gasteiger partial charge >= 0.3 is 11.9 Å². The minimum absolute atomic E-state index is 0.365. The van der Waals surface area contributed by atoms with Gasteiger partial charge in [-0.1, -0.05) is 13.8 Å². The first kappa shape index (κ1) is 17.4. The monoisotopic (exact) mass is 292 g/mol. The van der Waals surface area contributed by atoms with Crippen LogP contribution in [0.15, 0.2) is 12.2 Å². The second kappa shape index (κ2) is 12.8. The standard InChI is InChI=1S/C12H20O4S2/c1-3-17-9-7-15-11(13)5-6-12(14)16-8-10-18-4-2/h5-6H,3-4,7-10H2,1-2H3. The molecule has 0 heterocycles. The van der Waals surface area contributed by atoms with E-state index in [1.54, 1.807) is 23.5 Å². The number of thioether (sulfide) groups is 2. The summed E-state index contributed by atoms with van der Waals surface area (Å²) in [6, 6.07) is 0. The quantitative estimate of drug-likeness (QED) is 0.349. The van der Waals surface area contributed by atoms with E-state index in [1.807, 2.05) is 13.8 Å². The molecule has 0 aromatic rings. The Morgan fingerprint density at radius 3 is 1.61 bits per heavy atom. The number of esters is 2. The molecule has 6 heteroatoms. The molecule has 0 radical (unpaired) electrons. The van der Waals surface area contributed by atoms with Gasteiger partial charge in [0.1, 0.15) is 13.2 Å². The lowest BCUT2D eigenvalue weighted by Crippen LogP contribution is -2.07. The highest BCUT2D eigenvalue weighted by Gasteiger charge is 2.00. The van der Waals surface area contributed by atoms with Crippen LogP contribution in [0.4, 0.5) is 0 Å². The first-order valence-corrected chi connectivity index (χ1v) is 8.18. The van der Waals surface area contributed by atoms with Crippen molar-refractivity contribution in [3.8, 4) is 0 Å². The molecule has 0 N–H and O–H groups in total. The SMILES string of the molecule is CCSCCOC(=O)C=CC(=O)OCCSCC. The van der Waals surface area contributed by atoms with Crippen LogP contribution in [0.1, 0.15) is 13.8 Å². The molecule has 0 rings (SSSR count). The molecular weight excluding hydrogens is 272 g/mol. The van der Waals surface area contributed by atoms with Crippen LogP contribution in [-0.4, -0.2) is 48.2 Å². The third kappa shape index (κ3) is 11.9. The van der Waals surface area contributed by atoms with Gasteiger partial charge in [0.25, 0.3) is 0 Å². The zero-order chi connectivity index (χ0) is 13.6. The lowest BCUT2D eigenvalue weighted by molar-refractivity contribution is -0.139. The number of rotatable bonds is 10. The Hall–Kier alpha value is -0.620. The molecule has 0 aliphatic rings. The fourth-order valence-corrected chi connectivity index (χ4v) is 1.90. The molecule has 0 amide bonds. The summed E-state index contributed by atoms with van der Waals surface area (Å²) in [7, 11) is 0. The van der Waals surface area contributed by atoms with Crippen LogP contribution in [-0.2, 0) is 19.1 Å². The first-order chi connectivity index (χ1) is 8.70. The highest BCUT2D eigenvalue weighted by atomic mass is 32.2. The fourth-order valence-electron chi connectivity index (χ4n) is 0.923. The summed E-state index contributed by atoms with van der Waals surface area (Å²) in [5, 5.41) is 0. The average molecular weight is 292 g/mol. The van der Waals surface area contributed by atoms with E-state index in [1.165, 1.54) is 0 Å². The molecule has 4 nitrogen and oxygen atoms in total. The number of hydrogen-bond acceptors (Lipinski definition) is 6. The fraction of sp³-hybridized carbons (Fsp3) is 0.667. The summed E-state index contributed by atoms with van der Waals surface area (Å²) in [6.45, 7) is 4.81. The van der Waals surface area contributed by atoms with Crippen LogP contribution in [0.5, 0.6) is 0 Å².